The first-order valence-electron chi connectivity index (χ1n) is 9.16. The molecule has 1 aliphatic heterocycles. The zero-order valence-corrected chi connectivity index (χ0v) is 15.7. The monoisotopic (exact) mass is 384 g/mol. The predicted molar refractivity (Wildman–Crippen MR) is 103 cm³/mol. The molecule has 1 amide bonds. The summed E-state index contributed by atoms with van der Waals surface area (Å²) in [5.74, 6) is -0.488. The number of hydrogen-bond donors (Lipinski definition) is 3. The number of benzene rings is 1. The van der Waals surface area contributed by atoms with Gasteiger partial charge in [0.25, 0.3) is 5.91 Å². The van der Waals surface area contributed by atoms with Crippen LogP contribution in [0.1, 0.15) is 40.5 Å². The minimum Gasteiger partial charge on any atom is -0.487 e. The number of carbonyl (C=O) groups excluding carboxylic acids is 1. The van der Waals surface area contributed by atoms with Crippen molar-refractivity contribution in [2.45, 2.75) is 25.5 Å². The Morgan fingerprint density at radius 1 is 1.32 bits per heavy atom. The molecule has 3 rings (SSSR count). The lowest BCUT2D eigenvalue weighted by Crippen LogP contribution is -2.29. The third-order valence-corrected chi connectivity index (χ3v) is 4.54. The molecular weight excluding hydrogens is 360 g/mol. The summed E-state index contributed by atoms with van der Waals surface area (Å²) in [6.45, 7) is 1.40. The average molecular weight is 384 g/mol. The fraction of sp³-hybridized carbons (Fsp3) is 0.350. The molecule has 0 aliphatic carbocycles. The molecule has 1 aliphatic rings. The van der Waals surface area contributed by atoms with Crippen molar-refractivity contribution in [1.82, 2.24) is 20.7 Å². The largest absolute Gasteiger partial charge is 0.487 e. The molecule has 28 heavy (non-hydrogen) atoms. The number of carbonyl (C=O) groups is 2. The van der Waals surface area contributed by atoms with Crippen LogP contribution in [0.15, 0.2) is 42.6 Å². The number of ether oxygens (including phenoxy) is 1. The number of carboxylic acids is 1. The van der Waals surface area contributed by atoms with Gasteiger partial charge in [-0.15, -0.1) is 0 Å². The molecule has 8 nitrogen and oxygen atoms in total. The first-order valence-corrected chi connectivity index (χ1v) is 9.16. The molecule has 148 valence electrons. The fourth-order valence-corrected chi connectivity index (χ4v) is 2.94. The van der Waals surface area contributed by atoms with Crippen molar-refractivity contribution in [3.8, 4) is 5.75 Å². The van der Waals surface area contributed by atoms with Crippen molar-refractivity contribution in [2.75, 3.05) is 20.1 Å². The van der Waals surface area contributed by atoms with Gasteiger partial charge in [-0.3, -0.25) is 20.0 Å². The average Bonchev–Trinajstić information content (AvgIpc) is 3.25. The molecule has 0 saturated carbocycles. The number of pyridine rings is 1. The second kappa shape index (κ2) is 9.29. The number of aromatic nitrogens is 1. The Kier molecular flexibility index (Phi) is 6.57. The number of hydrazine groups is 1. The molecule has 1 unspecified atom stereocenters. The van der Waals surface area contributed by atoms with Gasteiger partial charge >= 0.3 is 5.97 Å². The zero-order valence-electron chi connectivity index (χ0n) is 15.7. The van der Waals surface area contributed by atoms with Gasteiger partial charge in [0.15, 0.2) is 0 Å². The van der Waals surface area contributed by atoms with E-state index in [-0.39, 0.29) is 24.9 Å². The molecule has 1 fully saturated rings. The lowest BCUT2D eigenvalue weighted by Gasteiger charge is -2.16. The van der Waals surface area contributed by atoms with Crippen LogP contribution in [-0.4, -0.2) is 47.0 Å². The van der Waals surface area contributed by atoms with E-state index in [1.807, 2.05) is 18.2 Å². The number of carboxylic acid groups (broad SMARTS) is 1. The van der Waals surface area contributed by atoms with Crippen LogP contribution in [0.2, 0.25) is 0 Å². The molecule has 1 aromatic heterocycles. The van der Waals surface area contributed by atoms with E-state index in [9.17, 15) is 9.59 Å². The molecule has 0 bridgehead atoms. The third kappa shape index (κ3) is 5.28. The van der Waals surface area contributed by atoms with Gasteiger partial charge < -0.3 is 14.7 Å². The van der Waals surface area contributed by atoms with Crippen LogP contribution in [0.5, 0.6) is 5.75 Å². The highest BCUT2D eigenvalue weighted by Crippen LogP contribution is 2.19. The number of nitrogens with one attached hydrogen (secondary N) is 2. The van der Waals surface area contributed by atoms with Crippen LogP contribution in [0.4, 0.5) is 0 Å². The quantitative estimate of drug-likeness (QED) is 0.637. The van der Waals surface area contributed by atoms with Crippen LogP contribution >= 0.6 is 0 Å². The lowest BCUT2D eigenvalue weighted by molar-refractivity contribution is -0.137. The molecule has 2 aromatic rings. The summed E-state index contributed by atoms with van der Waals surface area (Å²) in [5.41, 5.74) is 8.58. The Morgan fingerprint density at radius 2 is 2.18 bits per heavy atom. The summed E-state index contributed by atoms with van der Waals surface area (Å²) in [4.78, 5) is 28.9. The molecule has 8 heteroatoms. The Balaban J connectivity index is 1.56. The standard InChI is InChI=1S/C20H24N4O4/c1-24(10-8-19(25)26)20(27)15-4-2-3-14(11-15)13-28-16-5-6-17(21-12-16)18-7-9-22-23-18/h2-6,11-12,18,22-23H,7-10,13H2,1H3,(H,25,26). The number of amides is 1. The van der Waals surface area contributed by atoms with Crippen LogP contribution in [0.3, 0.4) is 0 Å². The highest BCUT2D eigenvalue weighted by Gasteiger charge is 2.17. The van der Waals surface area contributed by atoms with E-state index >= 15 is 0 Å². The Labute approximate surface area is 163 Å². The molecular formula is C20H24N4O4. The minimum atomic E-state index is -0.929. The second-order valence-corrected chi connectivity index (χ2v) is 6.69. The van der Waals surface area contributed by atoms with Gasteiger partial charge in [0.2, 0.25) is 0 Å². The van der Waals surface area contributed by atoms with E-state index in [4.69, 9.17) is 9.84 Å². The first-order chi connectivity index (χ1) is 13.5. The number of hydrogen-bond acceptors (Lipinski definition) is 6. The van der Waals surface area contributed by atoms with E-state index in [1.54, 1.807) is 31.4 Å². The van der Waals surface area contributed by atoms with Crippen molar-refractivity contribution < 1.29 is 19.4 Å². The highest BCUT2D eigenvalue weighted by molar-refractivity contribution is 5.94. The van der Waals surface area contributed by atoms with Crippen LogP contribution in [-0.2, 0) is 11.4 Å². The molecule has 1 aromatic carbocycles. The topological polar surface area (TPSA) is 104 Å². The third-order valence-electron chi connectivity index (χ3n) is 4.54. The van der Waals surface area contributed by atoms with Gasteiger partial charge in [-0.25, -0.2) is 5.43 Å². The van der Waals surface area contributed by atoms with Crippen LogP contribution in [0.25, 0.3) is 0 Å². The van der Waals surface area contributed by atoms with Crippen molar-refractivity contribution in [2.24, 2.45) is 0 Å². The SMILES string of the molecule is CN(CCC(=O)O)C(=O)c1cccc(COc2ccc(C3CCNN3)nc2)c1. The lowest BCUT2D eigenvalue weighted by atomic mass is 10.1. The summed E-state index contributed by atoms with van der Waals surface area (Å²) < 4.78 is 5.78. The second-order valence-electron chi connectivity index (χ2n) is 6.69. The van der Waals surface area contributed by atoms with Gasteiger partial charge in [0.1, 0.15) is 12.4 Å². The normalized spacial score (nSPS) is 16.0. The van der Waals surface area contributed by atoms with Crippen molar-refractivity contribution >= 4 is 11.9 Å². The van der Waals surface area contributed by atoms with Gasteiger partial charge in [-0.05, 0) is 36.2 Å². The molecule has 1 saturated heterocycles. The molecule has 2 heterocycles. The zero-order chi connectivity index (χ0) is 19.9. The summed E-state index contributed by atoms with van der Waals surface area (Å²) in [6.07, 6.45) is 2.61. The van der Waals surface area contributed by atoms with Crippen LogP contribution in [0, 0.1) is 0 Å². The molecule has 3 N–H and O–H groups in total. The Bertz CT molecular complexity index is 819. The number of rotatable bonds is 8. The van der Waals surface area contributed by atoms with E-state index < -0.39 is 5.97 Å². The molecule has 0 spiro atoms. The Hall–Kier alpha value is -2.97. The maximum absolute atomic E-state index is 12.4. The van der Waals surface area contributed by atoms with Crippen molar-refractivity contribution in [1.29, 1.82) is 0 Å². The van der Waals surface area contributed by atoms with E-state index in [2.05, 4.69) is 15.8 Å². The smallest absolute Gasteiger partial charge is 0.305 e. The Morgan fingerprint density at radius 3 is 2.86 bits per heavy atom. The maximum Gasteiger partial charge on any atom is 0.305 e. The van der Waals surface area contributed by atoms with E-state index in [0.717, 1.165) is 24.2 Å². The minimum absolute atomic E-state index is 0.0829. The summed E-state index contributed by atoms with van der Waals surface area (Å²) in [5, 5.41) is 8.75. The van der Waals surface area contributed by atoms with E-state index in [0.29, 0.717) is 17.9 Å². The first kappa shape index (κ1) is 19.8. The molecule has 1 atom stereocenters. The van der Waals surface area contributed by atoms with Gasteiger partial charge in [0, 0.05) is 25.7 Å². The van der Waals surface area contributed by atoms with Gasteiger partial charge in [0.05, 0.1) is 24.4 Å². The number of nitrogens with zero attached hydrogens (tertiary/aromatic N) is 2. The van der Waals surface area contributed by atoms with Crippen molar-refractivity contribution in [3.63, 3.8) is 0 Å². The van der Waals surface area contributed by atoms with Crippen LogP contribution < -0.4 is 15.6 Å². The van der Waals surface area contributed by atoms with Crippen molar-refractivity contribution in [3.05, 3.63) is 59.4 Å². The highest BCUT2D eigenvalue weighted by atomic mass is 16.5. The maximum atomic E-state index is 12.4. The van der Waals surface area contributed by atoms with E-state index in [1.165, 1.54) is 4.90 Å². The molecule has 0 radical (unpaired) electrons. The number of aliphatic carboxylic acids is 1. The summed E-state index contributed by atoms with van der Waals surface area (Å²) >= 11 is 0. The summed E-state index contributed by atoms with van der Waals surface area (Å²) in [7, 11) is 1.59. The summed E-state index contributed by atoms with van der Waals surface area (Å²) in [6, 6.07) is 11.2. The van der Waals surface area contributed by atoms with Gasteiger partial charge in [-0.2, -0.15) is 0 Å². The van der Waals surface area contributed by atoms with Gasteiger partial charge in [-0.1, -0.05) is 12.1 Å². The fourth-order valence-electron chi connectivity index (χ4n) is 2.94. The predicted octanol–water partition coefficient (Wildman–Crippen LogP) is 1.75.